The Hall–Kier alpha value is -4.01. The molecule has 1 saturated heterocycles. The van der Waals surface area contributed by atoms with Crippen LogP contribution in [0.3, 0.4) is 0 Å². The number of para-hydroxylation sites is 1. The summed E-state index contributed by atoms with van der Waals surface area (Å²) < 4.78 is 48.0. The summed E-state index contributed by atoms with van der Waals surface area (Å²) in [7, 11) is 0. The first-order valence-electron chi connectivity index (χ1n) is 12.6. The van der Waals surface area contributed by atoms with E-state index in [4.69, 9.17) is 16.3 Å². The molecular weight excluding hydrogens is 567 g/mol. The van der Waals surface area contributed by atoms with Gasteiger partial charge in [-0.05, 0) is 43.3 Å². The third-order valence-electron chi connectivity index (χ3n) is 6.50. The van der Waals surface area contributed by atoms with E-state index in [2.05, 4.69) is 15.2 Å². The summed E-state index contributed by atoms with van der Waals surface area (Å²) in [5.74, 6) is -0.165. The Balaban J connectivity index is 1.45. The molecule has 4 aromatic rings. The fourth-order valence-electron chi connectivity index (χ4n) is 4.44. The Morgan fingerprint density at radius 1 is 1.17 bits per heavy atom. The molecule has 1 aliphatic heterocycles. The van der Waals surface area contributed by atoms with Crippen LogP contribution in [0.4, 0.5) is 13.2 Å². The molecule has 216 valence electrons. The molecule has 0 radical (unpaired) electrons. The summed E-state index contributed by atoms with van der Waals surface area (Å²) in [4.78, 5) is 32.4. The maximum Gasteiger partial charge on any atom is 0.416 e. The summed E-state index contributed by atoms with van der Waals surface area (Å²) in [6.45, 7) is 1.88. The van der Waals surface area contributed by atoms with Crippen LogP contribution in [0.15, 0.2) is 59.7 Å². The third kappa shape index (κ3) is 6.19. The third-order valence-corrected chi connectivity index (χ3v) is 6.75. The minimum absolute atomic E-state index is 0.0917. The van der Waals surface area contributed by atoms with E-state index >= 15 is 0 Å². The van der Waals surface area contributed by atoms with E-state index in [-0.39, 0.29) is 30.2 Å². The normalized spacial score (nSPS) is 16.6. The van der Waals surface area contributed by atoms with Crippen molar-refractivity contribution in [2.75, 3.05) is 19.7 Å². The number of carbonyl (C=O) groups is 1. The monoisotopic (exact) mass is 591 g/mol. The van der Waals surface area contributed by atoms with Crippen LogP contribution in [0.25, 0.3) is 17.1 Å². The first kappa shape index (κ1) is 28.5. The zero-order valence-electron chi connectivity index (χ0n) is 21.7. The Kier molecular flexibility index (Phi) is 7.98. The number of amides is 1. The van der Waals surface area contributed by atoms with Crippen LogP contribution in [-0.4, -0.2) is 83.1 Å². The molecule has 1 fully saturated rings. The van der Waals surface area contributed by atoms with E-state index in [1.54, 1.807) is 29.2 Å². The lowest BCUT2D eigenvalue weighted by Gasteiger charge is -2.31. The largest absolute Gasteiger partial charge is 0.416 e. The number of hydrogen-bond donors (Lipinski definition) is 1. The second kappa shape index (κ2) is 11.5. The number of morpholine rings is 1. The molecule has 0 saturated carbocycles. The van der Waals surface area contributed by atoms with Crippen LogP contribution in [0.1, 0.15) is 23.1 Å². The van der Waals surface area contributed by atoms with Gasteiger partial charge in [-0.2, -0.15) is 13.2 Å². The molecule has 15 heteroatoms. The standard InChI is InChI=1S/C26H25ClF3N7O4/c1-16-12-34(10-11-41-16)24(39)19-4-2-3-5-20(19)37-15-31-22(32-37)14-36-25(40)35(13-21(38)26(28,29)30)23(33-36)17-6-8-18(27)9-7-17/h2-9,15-16,21,38H,10-14H2,1H3. The number of rotatable bonds is 7. The average Bonchev–Trinajstić information content (AvgIpc) is 3.53. The predicted octanol–water partition coefficient (Wildman–Crippen LogP) is 2.78. The van der Waals surface area contributed by atoms with Gasteiger partial charge < -0.3 is 14.7 Å². The van der Waals surface area contributed by atoms with Crippen LogP contribution in [0, 0.1) is 0 Å². The Morgan fingerprint density at radius 3 is 2.61 bits per heavy atom. The molecule has 1 N–H and O–H groups in total. The topological polar surface area (TPSA) is 120 Å². The lowest BCUT2D eigenvalue weighted by atomic mass is 10.1. The zero-order chi connectivity index (χ0) is 29.3. The molecule has 11 nitrogen and oxygen atoms in total. The maximum atomic E-state index is 13.3. The minimum Gasteiger partial charge on any atom is -0.382 e. The van der Waals surface area contributed by atoms with Gasteiger partial charge in [0, 0.05) is 23.7 Å². The number of benzene rings is 2. The highest BCUT2D eigenvalue weighted by Crippen LogP contribution is 2.24. The SMILES string of the molecule is CC1CN(C(=O)c2ccccc2-n2cnc(Cn3nc(-c4ccc(Cl)cc4)n(CC(O)C(F)(F)F)c3=O)n2)CCO1. The van der Waals surface area contributed by atoms with Crippen molar-refractivity contribution in [2.24, 2.45) is 0 Å². The Labute approximate surface area is 236 Å². The van der Waals surface area contributed by atoms with Crippen molar-refractivity contribution in [1.29, 1.82) is 0 Å². The number of halogens is 4. The second-order valence-electron chi connectivity index (χ2n) is 9.49. The number of aliphatic hydroxyl groups is 1. The fourth-order valence-corrected chi connectivity index (χ4v) is 4.57. The first-order chi connectivity index (χ1) is 19.5. The van der Waals surface area contributed by atoms with Crippen molar-refractivity contribution in [2.45, 2.75) is 38.4 Å². The van der Waals surface area contributed by atoms with Gasteiger partial charge in [0.1, 0.15) is 12.9 Å². The van der Waals surface area contributed by atoms with Gasteiger partial charge in [-0.3, -0.25) is 9.36 Å². The molecule has 0 aliphatic carbocycles. The molecule has 2 atom stereocenters. The van der Waals surface area contributed by atoms with Crippen molar-refractivity contribution in [3.8, 4) is 17.1 Å². The second-order valence-corrected chi connectivity index (χ2v) is 9.93. The van der Waals surface area contributed by atoms with Crippen LogP contribution in [0.2, 0.25) is 5.02 Å². The van der Waals surface area contributed by atoms with Gasteiger partial charge in [-0.1, -0.05) is 23.7 Å². The maximum absolute atomic E-state index is 13.3. The smallest absolute Gasteiger partial charge is 0.382 e. The molecule has 0 bridgehead atoms. The first-order valence-corrected chi connectivity index (χ1v) is 13.0. The van der Waals surface area contributed by atoms with Gasteiger partial charge in [-0.25, -0.2) is 19.1 Å². The van der Waals surface area contributed by atoms with E-state index in [1.807, 2.05) is 6.92 Å². The quantitative estimate of drug-likeness (QED) is 0.351. The molecule has 1 amide bonds. The number of aromatic nitrogens is 6. The Morgan fingerprint density at radius 2 is 1.90 bits per heavy atom. The van der Waals surface area contributed by atoms with Gasteiger partial charge in [-0.15, -0.1) is 10.2 Å². The predicted molar refractivity (Wildman–Crippen MR) is 141 cm³/mol. The average molecular weight is 592 g/mol. The van der Waals surface area contributed by atoms with Gasteiger partial charge in [0.25, 0.3) is 5.91 Å². The lowest BCUT2D eigenvalue weighted by molar-refractivity contribution is -0.207. The number of nitrogens with zero attached hydrogens (tertiary/aromatic N) is 7. The van der Waals surface area contributed by atoms with Gasteiger partial charge in [0.05, 0.1) is 30.5 Å². The highest BCUT2D eigenvalue weighted by Gasteiger charge is 2.39. The van der Waals surface area contributed by atoms with Gasteiger partial charge in [0.15, 0.2) is 17.8 Å². The molecule has 5 rings (SSSR count). The van der Waals surface area contributed by atoms with Crippen molar-refractivity contribution in [3.05, 3.63) is 81.8 Å². The van der Waals surface area contributed by atoms with Crippen molar-refractivity contribution in [1.82, 2.24) is 34.0 Å². The number of carbonyl (C=O) groups excluding carboxylic acids is 1. The molecule has 3 heterocycles. The van der Waals surface area contributed by atoms with Crippen molar-refractivity contribution < 1.29 is 27.8 Å². The summed E-state index contributed by atoms with van der Waals surface area (Å²) in [5.41, 5.74) is 0.281. The molecule has 41 heavy (non-hydrogen) atoms. The van der Waals surface area contributed by atoms with Crippen LogP contribution < -0.4 is 5.69 Å². The summed E-state index contributed by atoms with van der Waals surface area (Å²) in [5, 5.41) is 18.7. The molecule has 0 spiro atoms. The van der Waals surface area contributed by atoms with Crippen LogP contribution in [-0.2, 0) is 17.8 Å². The summed E-state index contributed by atoms with van der Waals surface area (Å²) >= 11 is 5.93. The summed E-state index contributed by atoms with van der Waals surface area (Å²) in [6, 6.07) is 12.9. The molecular formula is C26H25ClF3N7O4. The minimum atomic E-state index is -4.94. The van der Waals surface area contributed by atoms with E-state index < -0.39 is 24.5 Å². The van der Waals surface area contributed by atoms with Crippen LogP contribution in [0.5, 0.6) is 0 Å². The number of aliphatic hydroxyl groups excluding tert-OH is 1. The fraction of sp³-hybridized carbons (Fsp3) is 0.346. The van der Waals surface area contributed by atoms with E-state index in [0.29, 0.717) is 41.5 Å². The van der Waals surface area contributed by atoms with Crippen LogP contribution >= 0.6 is 11.6 Å². The zero-order valence-corrected chi connectivity index (χ0v) is 22.5. The highest BCUT2D eigenvalue weighted by atomic mass is 35.5. The van der Waals surface area contributed by atoms with Crippen molar-refractivity contribution in [3.63, 3.8) is 0 Å². The molecule has 1 aliphatic rings. The Bertz CT molecular complexity index is 1600. The van der Waals surface area contributed by atoms with Gasteiger partial charge >= 0.3 is 11.9 Å². The van der Waals surface area contributed by atoms with E-state index in [1.165, 1.54) is 35.3 Å². The number of alkyl halides is 3. The van der Waals surface area contributed by atoms with Gasteiger partial charge in [0.2, 0.25) is 0 Å². The molecule has 2 unspecified atom stereocenters. The van der Waals surface area contributed by atoms with E-state index in [0.717, 1.165) is 9.25 Å². The number of ether oxygens (including phenoxy) is 1. The van der Waals surface area contributed by atoms with Crippen molar-refractivity contribution >= 4 is 17.5 Å². The lowest BCUT2D eigenvalue weighted by Crippen LogP contribution is -2.44. The van der Waals surface area contributed by atoms with E-state index in [9.17, 15) is 27.9 Å². The summed E-state index contributed by atoms with van der Waals surface area (Å²) in [6.07, 6.45) is -6.45. The molecule has 2 aromatic carbocycles. The highest BCUT2D eigenvalue weighted by molar-refractivity contribution is 6.30. The molecule has 2 aromatic heterocycles. The number of hydrogen-bond acceptors (Lipinski definition) is 7.